The van der Waals surface area contributed by atoms with Crippen LogP contribution in [0.2, 0.25) is 0 Å². The van der Waals surface area contributed by atoms with Gasteiger partial charge in [0.1, 0.15) is 0 Å². The van der Waals surface area contributed by atoms with Crippen LogP contribution in [0.4, 0.5) is 5.69 Å². The van der Waals surface area contributed by atoms with Gasteiger partial charge in [0.15, 0.2) is 6.61 Å². The molecule has 0 saturated carbocycles. The molecule has 0 aliphatic carbocycles. The molecule has 0 unspecified atom stereocenters. The topological polar surface area (TPSA) is 96.5 Å². The largest absolute Gasteiger partial charge is 0.357 e. The predicted octanol–water partition coefficient (Wildman–Crippen LogP) is 0.0524. The molecule has 0 aromatic heterocycles. The maximum absolute atomic E-state index is 11.7. The van der Waals surface area contributed by atoms with Crippen molar-refractivity contribution in [2.75, 3.05) is 19.0 Å². The molecule has 1 rings (SSSR count). The van der Waals surface area contributed by atoms with E-state index in [1.807, 2.05) is 0 Å². The fourth-order valence-corrected chi connectivity index (χ4v) is 1.24. The Morgan fingerprint density at radius 2 is 2.00 bits per heavy atom. The Kier molecular flexibility index (Phi) is 5.49. The molecule has 3 N–H and O–H groups in total. The first kappa shape index (κ1) is 14.7. The summed E-state index contributed by atoms with van der Waals surface area (Å²) >= 11 is 0. The monoisotopic (exact) mass is 265 g/mol. The standard InChI is InChI=1S/C12H15N3O4/c1-8(16)14-10-5-3-4-9(6-10)12(18)15-19-7-11(17)13-2/h3-6H,7H2,1-2H3,(H,13,17)(H,14,16)(H,15,18). The molecule has 1 aromatic rings. The molecule has 0 aliphatic rings. The van der Waals surface area contributed by atoms with Crippen LogP contribution in [-0.4, -0.2) is 31.4 Å². The third-order valence-electron chi connectivity index (χ3n) is 2.09. The van der Waals surface area contributed by atoms with Gasteiger partial charge < -0.3 is 10.6 Å². The Bertz CT molecular complexity index is 488. The van der Waals surface area contributed by atoms with Gasteiger partial charge in [-0.05, 0) is 18.2 Å². The van der Waals surface area contributed by atoms with Gasteiger partial charge in [0.05, 0.1) is 0 Å². The van der Waals surface area contributed by atoms with Crippen LogP contribution in [0.3, 0.4) is 0 Å². The van der Waals surface area contributed by atoms with E-state index >= 15 is 0 Å². The van der Waals surface area contributed by atoms with Gasteiger partial charge >= 0.3 is 0 Å². The Morgan fingerprint density at radius 1 is 1.26 bits per heavy atom. The third kappa shape index (κ3) is 5.17. The minimum absolute atomic E-state index is 0.228. The second-order valence-electron chi connectivity index (χ2n) is 3.66. The van der Waals surface area contributed by atoms with E-state index in [-0.39, 0.29) is 18.4 Å². The lowest BCUT2D eigenvalue weighted by Gasteiger charge is -2.07. The maximum atomic E-state index is 11.7. The molecule has 0 heterocycles. The molecule has 0 saturated heterocycles. The normalized spacial score (nSPS) is 9.58. The summed E-state index contributed by atoms with van der Waals surface area (Å²) in [4.78, 5) is 38.2. The van der Waals surface area contributed by atoms with Crippen LogP contribution in [0.1, 0.15) is 17.3 Å². The van der Waals surface area contributed by atoms with Gasteiger partial charge in [-0.2, -0.15) is 0 Å². The molecule has 7 heteroatoms. The van der Waals surface area contributed by atoms with Crippen molar-refractivity contribution in [3.05, 3.63) is 29.8 Å². The lowest BCUT2D eigenvalue weighted by Crippen LogP contribution is -2.31. The quantitative estimate of drug-likeness (QED) is 0.655. The molecule has 3 amide bonds. The van der Waals surface area contributed by atoms with Gasteiger partial charge in [-0.25, -0.2) is 5.48 Å². The molecule has 0 atom stereocenters. The Labute approximate surface area is 110 Å². The van der Waals surface area contributed by atoms with Gasteiger partial charge in [0, 0.05) is 25.2 Å². The van der Waals surface area contributed by atoms with Crippen LogP contribution < -0.4 is 16.1 Å². The van der Waals surface area contributed by atoms with Gasteiger partial charge in [-0.1, -0.05) is 6.07 Å². The maximum Gasteiger partial charge on any atom is 0.274 e. The van der Waals surface area contributed by atoms with Crippen LogP contribution in [-0.2, 0) is 14.4 Å². The second kappa shape index (κ2) is 7.12. The first-order chi connectivity index (χ1) is 9.02. The van der Waals surface area contributed by atoms with Gasteiger partial charge in [0.2, 0.25) is 11.8 Å². The molecule has 0 bridgehead atoms. The number of anilines is 1. The molecule has 0 radical (unpaired) electrons. The van der Waals surface area contributed by atoms with E-state index < -0.39 is 5.91 Å². The summed E-state index contributed by atoms with van der Waals surface area (Å²) in [7, 11) is 1.46. The van der Waals surface area contributed by atoms with Crippen LogP contribution in [0.5, 0.6) is 0 Å². The van der Waals surface area contributed by atoms with Crippen LogP contribution in [0.15, 0.2) is 24.3 Å². The summed E-state index contributed by atoms with van der Waals surface area (Å²) in [5.74, 6) is -1.09. The molecule has 0 fully saturated rings. The van der Waals surface area contributed by atoms with Crippen molar-refractivity contribution >= 4 is 23.4 Å². The summed E-state index contributed by atoms with van der Waals surface area (Å²) in [6, 6.07) is 6.34. The van der Waals surface area contributed by atoms with Crippen molar-refractivity contribution in [1.82, 2.24) is 10.8 Å². The van der Waals surface area contributed by atoms with Crippen molar-refractivity contribution < 1.29 is 19.2 Å². The van der Waals surface area contributed by atoms with E-state index in [4.69, 9.17) is 4.84 Å². The van der Waals surface area contributed by atoms with Crippen molar-refractivity contribution in [3.8, 4) is 0 Å². The van der Waals surface area contributed by atoms with E-state index in [0.717, 1.165) is 0 Å². The number of rotatable bonds is 5. The third-order valence-corrected chi connectivity index (χ3v) is 2.09. The molecule has 0 aliphatic heterocycles. The number of carbonyl (C=O) groups excluding carboxylic acids is 3. The van der Waals surface area contributed by atoms with Gasteiger partial charge in [-0.3, -0.25) is 19.2 Å². The zero-order chi connectivity index (χ0) is 14.3. The SMILES string of the molecule is CNC(=O)CONC(=O)c1cccc(NC(C)=O)c1. The minimum atomic E-state index is -0.504. The highest BCUT2D eigenvalue weighted by Crippen LogP contribution is 2.10. The van der Waals surface area contributed by atoms with Gasteiger partial charge in [-0.15, -0.1) is 0 Å². The number of hydroxylamine groups is 1. The summed E-state index contributed by atoms with van der Waals surface area (Å²) in [5.41, 5.74) is 2.95. The second-order valence-corrected chi connectivity index (χ2v) is 3.66. The zero-order valence-electron chi connectivity index (χ0n) is 10.6. The number of amides is 3. The number of likely N-dealkylation sites (N-methyl/N-ethyl adjacent to an activating group) is 1. The van der Waals surface area contributed by atoms with Gasteiger partial charge in [0.25, 0.3) is 5.91 Å². The molecular formula is C12H15N3O4. The highest BCUT2D eigenvalue weighted by atomic mass is 16.7. The highest BCUT2D eigenvalue weighted by molar-refractivity contribution is 5.96. The Balaban J connectivity index is 2.56. The zero-order valence-corrected chi connectivity index (χ0v) is 10.6. The first-order valence-corrected chi connectivity index (χ1v) is 5.53. The molecule has 7 nitrogen and oxygen atoms in total. The van der Waals surface area contributed by atoms with E-state index in [0.29, 0.717) is 11.3 Å². The highest BCUT2D eigenvalue weighted by Gasteiger charge is 2.07. The number of benzene rings is 1. The van der Waals surface area contributed by atoms with E-state index in [9.17, 15) is 14.4 Å². The molecule has 102 valence electrons. The fourth-order valence-electron chi connectivity index (χ4n) is 1.24. The molecule has 19 heavy (non-hydrogen) atoms. The average molecular weight is 265 g/mol. The minimum Gasteiger partial charge on any atom is -0.357 e. The van der Waals surface area contributed by atoms with E-state index in [1.165, 1.54) is 20.0 Å². The van der Waals surface area contributed by atoms with Crippen molar-refractivity contribution in [3.63, 3.8) is 0 Å². The Hall–Kier alpha value is -2.41. The molecule has 1 aromatic carbocycles. The van der Waals surface area contributed by atoms with E-state index in [1.54, 1.807) is 18.2 Å². The average Bonchev–Trinajstić information content (AvgIpc) is 2.37. The number of carbonyl (C=O) groups is 3. The first-order valence-electron chi connectivity index (χ1n) is 5.53. The van der Waals surface area contributed by atoms with E-state index in [2.05, 4.69) is 16.1 Å². The fraction of sp³-hybridized carbons (Fsp3) is 0.250. The number of hydrogen-bond donors (Lipinski definition) is 3. The number of hydrogen-bond acceptors (Lipinski definition) is 4. The lowest BCUT2D eigenvalue weighted by atomic mass is 10.2. The summed E-state index contributed by atoms with van der Waals surface area (Å²) < 4.78 is 0. The number of nitrogens with one attached hydrogen (secondary N) is 3. The lowest BCUT2D eigenvalue weighted by molar-refractivity contribution is -0.127. The molecule has 0 spiro atoms. The van der Waals surface area contributed by atoms with Crippen LogP contribution >= 0.6 is 0 Å². The van der Waals surface area contributed by atoms with Crippen molar-refractivity contribution in [1.29, 1.82) is 0 Å². The van der Waals surface area contributed by atoms with Crippen molar-refractivity contribution in [2.45, 2.75) is 6.92 Å². The smallest absolute Gasteiger partial charge is 0.274 e. The van der Waals surface area contributed by atoms with Crippen molar-refractivity contribution in [2.24, 2.45) is 0 Å². The summed E-state index contributed by atoms with van der Waals surface area (Å²) in [6.07, 6.45) is 0. The summed E-state index contributed by atoms with van der Waals surface area (Å²) in [6.45, 7) is 1.10. The predicted molar refractivity (Wildman–Crippen MR) is 68.2 cm³/mol. The summed E-state index contributed by atoms with van der Waals surface area (Å²) in [5, 5.41) is 4.91. The Morgan fingerprint density at radius 3 is 2.63 bits per heavy atom. The van der Waals surface area contributed by atoms with Crippen LogP contribution in [0, 0.1) is 0 Å². The molecular weight excluding hydrogens is 250 g/mol. The van der Waals surface area contributed by atoms with Crippen LogP contribution in [0.25, 0.3) is 0 Å².